The highest BCUT2D eigenvalue weighted by molar-refractivity contribution is 6.05. The van der Waals surface area contributed by atoms with Crippen LogP contribution in [0.2, 0.25) is 0 Å². The Balaban J connectivity index is 3.42. The van der Waals surface area contributed by atoms with E-state index in [1.165, 1.54) is 0 Å². The Morgan fingerprint density at radius 2 is 1.73 bits per heavy atom. The van der Waals surface area contributed by atoms with Crippen molar-refractivity contribution >= 4 is 35.4 Å². The van der Waals surface area contributed by atoms with Crippen LogP contribution in [0.1, 0.15) is 45.6 Å². The molecule has 1 rings (SSSR count). The molecule has 7 N–H and O–H groups in total. The van der Waals surface area contributed by atoms with E-state index >= 15 is 0 Å². The lowest BCUT2D eigenvalue weighted by Crippen LogP contribution is -2.56. The molecule has 11 nitrogen and oxygen atoms in total. The van der Waals surface area contributed by atoms with Gasteiger partial charge >= 0.3 is 11.9 Å². The topological polar surface area (TPSA) is 188 Å². The van der Waals surface area contributed by atoms with Crippen LogP contribution >= 0.6 is 0 Å². The lowest BCUT2D eigenvalue weighted by molar-refractivity contribution is -0.142. The highest BCUT2D eigenvalue weighted by Gasteiger charge is 2.38. The summed E-state index contributed by atoms with van der Waals surface area (Å²) in [6, 6.07) is 4.14. The molecular weight excluding hydrogens is 430 g/mol. The zero-order chi connectivity index (χ0) is 25.1. The van der Waals surface area contributed by atoms with Crippen molar-refractivity contribution in [2.75, 3.05) is 11.4 Å². The molecule has 0 saturated carbocycles. The Morgan fingerprint density at radius 1 is 1.09 bits per heavy atom. The Hall–Kier alpha value is -3.63. The molecule has 182 valence electrons. The molecule has 33 heavy (non-hydrogen) atoms. The maximum atomic E-state index is 13.5. The molecule has 0 spiro atoms. The molecule has 11 heteroatoms. The summed E-state index contributed by atoms with van der Waals surface area (Å²) < 4.78 is 0. The van der Waals surface area contributed by atoms with Crippen molar-refractivity contribution in [3.8, 4) is 0 Å². The molecule has 0 aliphatic heterocycles. The molecule has 0 aromatic heterocycles. The van der Waals surface area contributed by atoms with Gasteiger partial charge in [0.15, 0.2) is 5.96 Å². The monoisotopic (exact) mass is 463 g/mol. The van der Waals surface area contributed by atoms with E-state index in [4.69, 9.17) is 11.5 Å². The predicted octanol–water partition coefficient (Wildman–Crippen LogP) is 0.704. The second kappa shape index (κ2) is 13.0. The highest BCUT2D eigenvalue weighted by Crippen LogP contribution is 2.28. The summed E-state index contributed by atoms with van der Waals surface area (Å²) in [7, 11) is 0. The lowest BCUT2D eigenvalue weighted by Gasteiger charge is -2.35. The van der Waals surface area contributed by atoms with Gasteiger partial charge in [-0.3, -0.25) is 24.3 Å². The number of anilines is 1. The molecule has 1 aromatic rings. The number of hydrogen-bond donors (Lipinski definition) is 5. The summed E-state index contributed by atoms with van der Waals surface area (Å²) in [5, 5.41) is 21.5. The van der Waals surface area contributed by atoms with Crippen LogP contribution in [0.25, 0.3) is 0 Å². The normalized spacial score (nSPS) is 12.5. The van der Waals surface area contributed by atoms with E-state index in [2.05, 4.69) is 10.3 Å². The zero-order valence-electron chi connectivity index (χ0n) is 19.2. The molecule has 1 aromatic carbocycles. The number of para-hydroxylation sites is 1. The first-order chi connectivity index (χ1) is 15.5. The van der Waals surface area contributed by atoms with Crippen LogP contribution < -0.4 is 21.7 Å². The van der Waals surface area contributed by atoms with Gasteiger partial charge in [-0.1, -0.05) is 32.0 Å². The smallest absolute Gasteiger partial charge is 0.327 e. The van der Waals surface area contributed by atoms with Crippen molar-refractivity contribution in [2.24, 2.45) is 22.4 Å². The van der Waals surface area contributed by atoms with Crippen molar-refractivity contribution in [3.05, 3.63) is 29.8 Å². The summed E-state index contributed by atoms with van der Waals surface area (Å²) in [6.07, 6.45) is 1.16. The number of aliphatic imine (C=N–C) groups is 1. The Bertz CT molecular complexity index is 866. The van der Waals surface area contributed by atoms with E-state index in [9.17, 15) is 29.4 Å². The number of aryl methyl sites for hydroxylation is 1. The molecule has 0 fully saturated rings. The van der Waals surface area contributed by atoms with Crippen LogP contribution in [0, 0.1) is 5.92 Å². The Morgan fingerprint density at radius 3 is 2.24 bits per heavy atom. The lowest BCUT2D eigenvalue weighted by atomic mass is 9.97. The maximum absolute atomic E-state index is 13.5. The molecule has 0 heterocycles. The van der Waals surface area contributed by atoms with Crippen LogP contribution in [-0.4, -0.2) is 58.6 Å². The van der Waals surface area contributed by atoms with E-state index in [-0.39, 0.29) is 5.96 Å². The molecule has 0 bridgehead atoms. The number of nitrogens with zero attached hydrogens (tertiary/aromatic N) is 2. The third kappa shape index (κ3) is 8.79. The number of rotatable bonds is 13. The van der Waals surface area contributed by atoms with Gasteiger partial charge in [-0.15, -0.1) is 0 Å². The van der Waals surface area contributed by atoms with E-state index < -0.39 is 48.2 Å². The predicted molar refractivity (Wildman–Crippen MR) is 124 cm³/mol. The summed E-state index contributed by atoms with van der Waals surface area (Å²) in [5.41, 5.74) is 11.7. The Kier molecular flexibility index (Phi) is 10.8. The van der Waals surface area contributed by atoms with Gasteiger partial charge in [0, 0.05) is 19.2 Å². The van der Waals surface area contributed by atoms with Crippen molar-refractivity contribution in [1.82, 2.24) is 5.32 Å². The van der Waals surface area contributed by atoms with E-state index in [1.807, 2.05) is 0 Å². The summed E-state index contributed by atoms with van der Waals surface area (Å²) in [5.74, 6) is -4.44. The first-order valence-corrected chi connectivity index (χ1v) is 10.6. The molecular formula is C22H33N5O6. The quantitative estimate of drug-likeness (QED) is 0.160. The van der Waals surface area contributed by atoms with Gasteiger partial charge in [-0.2, -0.15) is 0 Å². The minimum absolute atomic E-state index is 0.00384. The third-order valence-corrected chi connectivity index (χ3v) is 4.85. The molecule has 2 amide bonds. The number of guanidine groups is 1. The van der Waals surface area contributed by atoms with Gasteiger partial charge in [0.2, 0.25) is 5.91 Å². The van der Waals surface area contributed by atoms with Gasteiger partial charge in [0.25, 0.3) is 5.91 Å². The number of nitrogens with two attached hydrogens (primary N) is 2. The number of carboxylic acid groups (broad SMARTS) is 2. The van der Waals surface area contributed by atoms with Crippen molar-refractivity contribution in [3.63, 3.8) is 0 Å². The minimum atomic E-state index is -1.42. The first kappa shape index (κ1) is 27.4. The molecule has 0 saturated heterocycles. The second-order valence-electron chi connectivity index (χ2n) is 7.98. The number of amides is 2. The van der Waals surface area contributed by atoms with Crippen LogP contribution in [0.3, 0.4) is 0 Å². The number of nitrogens with one attached hydrogen (secondary N) is 1. The number of carbonyl (C=O) groups is 4. The third-order valence-electron chi connectivity index (χ3n) is 4.85. The van der Waals surface area contributed by atoms with Gasteiger partial charge in [-0.05, 0) is 36.8 Å². The van der Waals surface area contributed by atoms with Crippen LogP contribution in [0.5, 0.6) is 0 Å². The SMILES string of the molecule is CC(=O)N[C@@H](CC(=O)O)C(=O)N(c1ccccc1CCCCN=C(N)N)[C@H](C(=O)O)C(C)C. The van der Waals surface area contributed by atoms with Crippen LogP contribution in [-0.2, 0) is 25.6 Å². The minimum Gasteiger partial charge on any atom is -0.481 e. The first-order valence-electron chi connectivity index (χ1n) is 10.6. The van der Waals surface area contributed by atoms with E-state index in [1.54, 1.807) is 38.1 Å². The van der Waals surface area contributed by atoms with Crippen molar-refractivity contribution in [1.29, 1.82) is 0 Å². The molecule has 0 radical (unpaired) electrons. The zero-order valence-corrected chi connectivity index (χ0v) is 19.2. The molecule has 0 unspecified atom stereocenters. The van der Waals surface area contributed by atoms with Gasteiger partial charge in [-0.25, -0.2) is 4.79 Å². The van der Waals surface area contributed by atoms with E-state index in [0.29, 0.717) is 37.1 Å². The van der Waals surface area contributed by atoms with Crippen molar-refractivity contribution in [2.45, 2.75) is 58.5 Å². The maximum Gasteiger partial charge on any atom is 0.327 e. The van der Waals surface area contributed by atoms with Crippen LogP contribution in [0.15, 0.2) is 29.3 Å². The second-order valence-corrected chi connectivity index (χ2v) is 7.98. The summed E-state index contributed by atoms with van der Waals surface area (Å²) in [6.45, 7) is 4.90. The number of carboxylic acids is 2. The number of carbonyl (C=O) groups excluding carboxylic acids is 2. The average Bonchev–Trinajstić information content (AvgIpc) is 2.69. The number of hydrogen-bond acceptors (Lipinski definition) is 5. The van der Waals surface area contributed by atoms with Gasteiger partial charge in [0.1, 0.15) is 12.1 Å². The fraction of sp³-hybridized carbons (Fsp3) is 0.500. The fourth-order valence-corrected chi connectivity index (χ4v) is 3.48. The van der Waals surface area contributed by atoms with Gasteiger partial charge < -0.3 is 27.0 Å². The molecule has 0 aliphatic rings. The number of aliphatic carboxylic acids is 2. The van der Waals surface area contributed by atoms with Crippen LogP contribution in [0.4, 0.5) is 5.69 Å². The van der Waals surface area contributed by atoms with Gasteiger partial charge in [0.05, 0.1) is 6.42 Å². The molecule has 0 aliphatic carbocycles. The standard InChI is InChI=1S/C22H33N5O6/c1-13(2)19(21(32)33)27(20(31)16(12-18(29)30)26-14(3)28)17-10-5-4-8-15(17)9-6-7-11-25-22(23)24/h4-5,8,10,13,16,19H,6-7,9,11-12H2,1-3H3,(H,26,28)(H,29,30)(H,32,33)(H4,23,24,25)/t16-,19-/m0/s1. The molecule has 2 atom stereocenters. The summed E-state index contributed by atoms with van der Waals surface area (Å²) in [4.78, 5) is 53.7. The Labute approximate surface area is 192 Å². The number of benzene rings is 1. The summed E-state index contributed by atoms with van der Waals surface area (Å²) >= 11 is 0. The number of unbranched alkanes of at least 4 members (excludes halogenated alkanes) is 1. The highest BCUT2D eigenvalue weighted by atomic mass is 16.4. The van der Waals surface area contributed by atoms with Crippen molar-refractivity contribution < 1.29 is 29.4 Å². The fourth-order valence-electron chi connectivity index (χ4n) is 3.48. The largest absolute Gasteiger partial charge is 0.481 e. The average molecular weight is 464 g/mol. The van der Waals surface area contributed by atoms with E-state index in [0.717, 1.165) is 11.8 Å².